The summed E-state index contributed by atoms with van der Waals surface area (Å²) in [5.41, 5.74) is 0.0674. The largest absolute Gasteiger partial charge is 0.504 e. The number of aromatic hydroxyl groups is 1. The van der Waals surface area contributed by atoms with Gasteiger partial charge in [-0.15, -0.1) is 6.58 Å². The van der Waals surface area contributed by atoms with E-state index in [-0.39, 0.29) is 30.2 Å². The summed E-state index contributed by atoms with van der Waals surface area (Å²) >= 11 is 0. The number of hydrogen-bond acceptors (Lipinski definition) is 5. The molecule has 1 spiro atoms. The zero-order valence-corrected chi connectivity index (χ0v) is 21.9. The number of phenolic OH excluding ortho intramolecular Hbond substituents is 1. The quantitative estimate of drug-likeness (QED) is 0.536. The number of likely N-dealkylation sites (N-methyl/N-ethyl adjacent to an activating group) is 1. The fourth-order valence-corrected chi connectivity index (χ4v) is 7.86. The molecule has 2 aliphatic carbocycles. The highest BCUT2D eigenvalue weighted by atomic mass is 19.4. The van der Waals surface area contributed by atoms with Gasteiger partial charge in [-0.05, 0) is 68.0 Å². The molecular formula is C30H33F3N2O4. The number of alkyl halides is 3. The number of phenols is 1. The molecule has 2 fully saturated rings. The highest BCUT2D eigenvalue weighted by molar-refractivity contribution is 5.77. The lowest BCUT2D eigenvalue weighted by molar-refractivity contribution is -0.198. The minimum Gasteiger partial charge on any atom is -0.504 e. The van der Waals surface area contributed by atoms with E-state index in [0.29, 0.717) is 50.0 Å². The number of halogens is 3. The standard InChI is InChI=1S/C30H33F3N2O4/c1-3-15-35-16-14-28-25-19-7-10-22(36)26(25)39-27(28)21(12-13-29(28,38)23(35)17-19)34(2)24(37)11-6-18-4-8-20(9-5-18)30(31,32)33/h3-5,7-10,21,23,27,36,38H,1,6,11-17H2,2H3/t21?,23-,27?,28+,29-/m1/s1. The third-order valence-electron chi connectivity index (χ3n) is 9.70. The van der Waals surface area contributed by atoms with Crippen LogP contribution < -0.4 is 4.74 Å². The maximum absolute atomic E-state index is 13.4. The molecule has 2 N–H and O–H groups in total. The monoisotopic (exact) mass is 542 g/mol. The van der Waals surface area contributed by atoms with Gasteiger partial charge in [-0.25, -0.2) is 0 Å². The Labute approximate surface area is 225 Å². The van der Waals surface area contributed by atoms with Gasteiger partial charge in [0.1, 0.15) is 6.10 Å². The van der Waals surface area contributed by atoms with Crippen LogP contribution in [0.1, 0.15) is 47.9 Å². The van der Waals surface area contributed by atoms with E-state index < -0.39 is 28.9 Å². The maximum Gasteiger partial charge on any atom is 0.416 e. The molecule has 208 valence electrons. The smallest absolute Gasteiger partial charge is 0.416 e. The van der Waals surface area contributed by atoms with Crippen LogP contribution in [0, 0.1) is 0 Å². The molecular weight excluding hydrogens is 509 g/mol. The van der Waals surface area contributed by atoms with Crippen molar-refractivity contribution in [2.45, 2.75) is 73.9 Å². The number of benzene rings is 2. The van der Waals surface area contributed by atoms with Crippen LogP contribution in [0.2, 0.25) is 0 Å². The number of piperidine rings is 1. The molecule has 4 aliphatic rings. The average molecular weight is 543 g/mol. The van der Waals surface area contributed by atoms with Crippen LogP contribution in [-0.2, 0) is 29.2 Å². The number of ether oxygens (including phenoxy) is 1. The summed E-state index contributed by atoms with van der Waals surface area (Å²) in [4.78, 5) is 17.3. The molecule has 6 nitrogen and oxygen atoms in total. The van der Waals surface area contributed by atoms with Crippen molar-refractivity contribution in [3.8, 4) is 11.5 Å². The third kappa shape index (κ3) is 3.73. The first-order chi connectivity index (χ1) is 18.5. The Morgan fingerprint density at radius 3 is 2.67 bits per heavy atom. The molecule has 2 bridgehead atoms. The molecule has 2 aromatic rings. The first-order valence-corrected chi connectivity index (χ1v) is 13.5. The van der Waals surface area contributed by atoms with Gasteiger partial charge in [0.2, 0.25) is 5.91 Å². The van der Waals surface area contributed by atoms with Crippen molar-refractivity contribution >= 4 is 5.91 Å². The van der Waals surface area contributed by atoms with E-state index in [0.717, 1.165) is 29.8 Å². The summed E-state index contributed by atoms with van der Waals surface area (Å²) in [5.74, 6) is 0.327. The summed E-state index contributed by atoms with van der Waals surface area (Å²) in [6.07, 6.45) is -0.300. The maximum atomic E-state index is 13.4. The van der Waals surface area contributed by atoms with Gasteiger partial charge in [-0.2, -0.15) is 13.2 Å². The second-order valence-electron chi connectivity index (χ2n) is 11.4. The fraction of sp³-hybridized carbons (Fsp3) is 0.500. The van der Waals surface area contributed by atoms with Gasteiger partial charge < -0.3 is 19.8 Å². The molecule has 2 aliphatic heterocycles. The first kappa shape index (κ1) is 26.2. The van der Waals surface area contributed by atoms with Gasteiger partial charge in [0.25, 0.3) is 0 Å². The Hall–Kier alpha value is -3.04. The average Bonchev–Trinajstić information content (AvgIpc) is 3.25. The lowest BCUT2D eigenvalue weighted by Crippen LogP contribution is -2.78. The lowest BCUT2D eigenvalue weighted by Gasteiger charge is -2.64. The van der Waals surface area contributed by atoms with Crippen molar-refractivity contribution in [3.05, 3.63) is 71.3 Å². The van der Waals surface area contributed by atoms with Gasteiger partial charge in [0.15, 0.2) is 11.5 Å². The molecule has 5 atom stereocenters. The summed E-state index contributed by atoms with van der Waals surface area (Å²) < 4.78 is 45.2. The molecule has 1 saturated carbocycles. The number of rotatable bonds is 6. The van der Waals surface area contributed by atoms with Gasteiger partial charge >= 0.3 is 6.18 Å². The van der Waals surface area contributed by atoms with Crippen LogP contribution in [0.3, 0.4) is 0 Å². The van der Waals surface area contributed by atoms with Crippen molar-refractivity contribution in [1.82, 2.24) is 9.80 Å². The van der Waals surface area contributed by atoms with E-state index >= 15 is 0 Å². The summed E-state index contributed by atoms with van der Waals surface area (Å²) in [6.45, 7) is 5.31. The normalized spacial score (nSPS) is 30.8. The van der Waals surface area contributed by atoms with Crippen molar-refractivity contribution in [1.29, 1.82) is 0 Å². The fourth-order valence-electron chi connectivity index (χ4n) is 7.86. The topological polar surface area (TPSA) is 73.2 Å². The Bertz CT molecular complexity index is 1310. The Balaban J connectivity index is 1.27. The minimum absolute atomic E-state index is 0.0434. The second kappa shape index (κ2) is 8.99. The number of amides is 1. The van der Waals surface area contributed by atoms with Crippen LogP contribution in [0.5, 0.6) is 11.5 Å². The third-order valence-corrected chi connectivity index (χ3v) is 9.70. The summed E-state index contributed by atoms with van der Waals surface area (Å²) in [6, 6.07) is 8.02. The first-order valence-electron chi connectivity index (χ1n) is 13.5. The van der Waals surface area contributed by atoms with E-state index in [4.69, 9.17) is 4.74 Å². The molecule has 0 radical (unpaired) electrons. The zero-order valence-electron chi connectivity index (χ0n) is 21.9. The second-order valence-corrected chi connectivity index (χ2v) is 11.4. The van der Waals surface area contributed by atoms with E-state index in [1.165, 1.54) is 12.1 Å². The summed E-state index contributed by atoms with van der Waals surface area (Å²) in [5, 5.41) is 23.2. The molecule has 2 aromatic carbocycles. The SMILES string of the molecule is C=CCN1CC[C@]23c4c5ccc(O)c4OC2C(N(C)C(=O)CCc2ccc(C(F)(F)F)cc2)CC[C@@]3(O)[C@H]1C5. The molecule has 0 aromatic heterocycles. The van der Waals surface area contributed by atoms with Gasteiger partial charge in [0, 0.05) is 31.6 Å². The minimum atomic E-state index is -4.40. The lowest BCUT2D eigenvalue weighted by atomic mass is 9.48. The number of nitrogens with zero attached hydrogens (tertiary/aromatic N) is 2. The van der Waals surface area contributed by atoms with Crippen LogP contribution in [0.15, 0.2) is 49.1 Å². The van der Waals surface area contributed by atoms with Crippen LogP contribution in [0.4, 0.5) is 13.2 Å². The Morgan fingerprint density at radius 1 is 1.23 bits per heavy atom. The van der Waals surface area contributed by atoms with E-state index in [2.05, 4.69) is 11.5 Å². The molecule has 1 amide bonds. The van der Waals surface area contributed by atoms with Crippen molar-refractivity contribution < 1.29 is 32.9 Å². The molecule has 39 heavy (non-hydrogen) atoms. The van der Waals surface area contributed by atoms with Crippen LogP contribution in [-0.4, -0.2) is 69.8 Å². The van der Waals surface area contributed by atoms with E-state index in [9.17, 15) is 28.2 Å². The predicted octanol–water partition coefficient (Wildman–Crippen LogP) is 4.21. The van der Waals surface area contributed by atoms with Gasteiger partial charge in [-0.3, -0.25) is 9.69 Å². The number of aliphatic hydroxyl groups is 1. The predicted molar refractivity (Wildman–Crippen MR) is 139 cm³/mol. The van der Waals surface area contributed by atoms with Gasteiger partial charge in [-0.1, -0.05) is 24.3 Å². The van der Waals surface area contributed by atoms with Crippen molar-refractivity contribution in [3.63, 3.8) is 0 Å². The number of likely N-dealkylation sites (tertiary alicyclic amines) is 1. The molecule has 2 unspecified atom stereocenters. The molecule has 6 rings (SSSR count). The van der Waals surface area contributed by atoms with E-state index in [1.54, 1.807) is 18.0 Å². The number of carbonyl (C=O) groups excluding carboxylic acids is 1. The number of carbonyl (C=O) groups is 1. The Kier molecular flexibility index (Phi) is 6.04. The molecule has 2 heterocycles. The highest BCUT2D eigenvalue weighted by Crippen LogP contribution is 2.65. The van der Waals surface area contributed by atoms with Gasteiger partial charge in [0.05, 0.1) is 22.6 Å². The van der Waals surface area contributed by atoms with Crippen molar-refractivity contribution in [2.75, 3.05) is 20.1 Å². The molecule has 9 heteroatoms. The zero-order chi connectivity index (χ0) is 27.7. The van der Waals surface area contributed by atoms with Crippen LogP contribution in [0.25, 0.3) is 0 Å². The van der Waals surface area contributed by atoms with Crippen molar-refractivity contribution in [2.24, 2.45) is 0 Å². The number of hydrogen-bond donors (Lipinski definition) is 2. The molecule has 1 saturated heterocycles. The highest BCUT2D eigenvalue weighted by Gasteiger charge is 2.73. The van der Waals surface area contributed by atoms with E-state index in [1.807, 2.05) is 12.1 Å². The number of aryl methyl sites for hydroxylation is 1. The Morgan fingerprint density at radius 2 is 1.97 bits per heavy atom. The van der Waals surface area contributed by atoms with Crippen LogP contribution >= 0.6 is 0 Å². The summed E-state index contributed by atoms with van der Waals surface area (Å²) in [7, 11) is 1.74.